The molecule has 1 unspecified atom stereocenters. The number of nitrogens with zero attached hydrogens (tertiary/aromatic N) is 1. The maximum absolute atomic E-state index is 13.2. The van der Waals surface area contributed by atoms with Gasteiger partial charge in [0, 0.05) is 12.1 Å². The van der Waals surface area contributed by atoms with E-state index in [0.29, 0.717) is 22.8 Å². The van der Waals surface area contributed by atoms with Crippen LogP contribution in [0.1, 0.15) is 22.7 Å². The van der Waals surface area contributed by atoms with Gasteiger partial charge in [-0.05, 0) is 41.5 Å². The van der Waals surface area contributed by atoms with Gasteiger partial charge in [0.05, 0.1) is 18.7 Å². The molecule has 2 aliphatic rings. The van der Waals surface area contributed by atoms with E-state index in [0.717, 1.165) is 11.1 Å². The molecule has 33 heavy (non-hydrogen) atoms. The van der Waals surface area contributed by atoms with Crippen molar-refractivity contribution < 1.29 is 28.9 Å². The third-order valence-electron chi connectivity index (χ3n) is 5.81. The molecule has 7 nitrogen and oxygen atoms in total. The number of amides is 1. The SMILES string of the molecule is COc1ccc(CN2C(=O)C(=O)/C(=C(\O)c3ccc4c(c3)OCO4)C2c2ccccc2)cc1. The lowest BCUT2D eigenvalue weighted by atomic mass is 9.95. The molecule has 2 aliphatic heterocycles. The van der Waals surface area contributed by atoms with Gasteiger partial charge in [0.25, 0.3) is 11.7 Å². The number of ether oxygens (including phenoxy) is 3. The number of hydrogen-bond donors (Lipinski definition) is 1. The largest absolute Gasteiger partial charge is 0.507 e. The van der Waals surface area contributed by atoms with Crippen LogP contribution in [0, 0.1) is 0 Å². The smallest absolute Gasteiger partial charge is 0.295 e. The standard InChI is InChI=1S/C26H21NO6/c1-31-19-10-7-16(8-11-19)14-27-23(17-5-3-2-4-6-17)22(25(29)26(27)30)24(28)18-9-12-20-21(13-18)33-15-32-20/h2-13,23,28H,14-15H2,1H3/b24-22-. The first-order chi connectivity index (χ1) is 16.1. The van der Waals surface area contributed by atoms with Gasteiger partial charge in [0.15, 0.2) is 11.5 Å². The van der Waals surface area contributed by atoms with Crippen LogP contribution in [-0.4, -0.2) is 35.6 Å². The highest BCUT2D eigenvalue weighted by molar-refractivity contribution is 6.46. The van der Waals surface area contributed by atoms with E-state index >= 15 is 0 Å². The van der Waals surface area contributed by atoms with Gasteiger partial charge in [0.1, 0.15) is 11.5 Å². The summed E-state index contributed by atoms with van der Waals surface area (Å²) in [5.74, 6) is 0.0874. The molecule has 3 aromatic rings. The minimum atomic E-state index is -0.737. The van der Waals surface area contributed by atoms with Crippen molar-refractivity contribution in [3.63, 3.8) is 0 Å². The summed E-state index contributed by atoms with van der Waals surface area (Å²) in [5.41, 5.74) is 1.98. The Hall–Kier alpha value is -4.26. The van der Waals surface area contributed by atoms with E-state index in [1.165, 1.54) is 4.90 Å². The van der Waals surface area contributed by atoms with Crippen molar-refractivity contribution >= 4 is 17.4 Å². The Bertz CT molecular complexity index is 1250. The second kappa shape index (κ2) is 8.35. The third kappa shape index (κ3) is 3.67. The van der Waals surface area contributed by atoms with E-state index in [4.69, 9.17) is 14.2 Å². The van der Waals surface area contributed by atoms with E-state index in [1.807, 2.05) is 42.5 Å². The monoisotopic (exact) mass is 443 g/mol. The van der Waals surface area contributed by atoms with E-state index in [1.54, 1.807) is 37.4 Å². The number of aliphatic hydroxyl groups is 1. The van der Waals surface area contributed by atoms with Crippen LogP contribution in [0.2, 0.25) is 0 Å². The Balaban J connectivity index is 1.59. The minimum Gasteiger partial charge on any atom is -0.507 e. The van der Waals surface area contributed by atoms with Gasteiger partial charge in [0.2, 0.25) is 6.79 Å². The van der Waals surface area contributed by atoms with E-state index in [2.05, 4.69) is 0 Å². The van der Waals surface area contributed by atoms with Crippen LogP contribution < -0.4 is 14.2 Å². The Labute approximate surface area is 190 Å². The van der Waals surface area contributed by atoms with Crippen LogP contribution in [0.15, 0.2) is 78.4 Å². The molecule has 3 aromatic carbocycles. The molecule has 0 bridgehead atoms. The van der Waals surface area contributed by atoms with Crippen LogP contribution in [0.4, 0.5) is 0 Å². The van der Waals surface area contributed by atoms with Gasteiger partial charge >= 0.3 is 0 Å². The highest BCUT2D eigenvalue weighted by Crippen LogP contribution is 2.42. The second-order valence-electron chi connectivity index (χ2n) is 7.75. The summed E-state index contributed by atoms with van der Waals surface area (Å²) in [6.45, 7) is 0.294. The van der Waals surface area contributed by atoms with Crippen LogP contribution in [0.5, 0.6) is 17.2 Å². The third-order valence-corrected chi connectivity index (χ3v) is 5.81. The molecule has 0 aromatic heterocycles. The zero-order chi connectivity index (χ0) is 22.9. The summed E-state index contributed by atoms with van der Waals surface area (Å²) >= 11 is 0. The topological polar surface area (TPSA) is 85.3 Å². The normalized spacial score (nSPS) is 18.6. The number of fused-ring (bicyclic) bond motifs is 1. The summed E-state index contributed by atoms with van der Waals surface area (Å²) in [5, 5.41) is 11.2. The number of carbonyl (C=O) groups excluding carboxylic acids is 2. The maximum Gasteiger partial charge on any atom is 0.295 e. The van der Waals surface area contributed by atoms with Gasteiger partial charge < -0.3 is 24.2 Å². The summed E-state index contributed by atoms with van der Waals surface area (Å²) in [7, 11) is 1.58. The van der Waals surface area contributed by atoms with Gasteiger partial charge in [-0.2, -0.15) is 0 Å². The van der Waals surface area contributed by atoms with Crippen molar-refractivity contribution in [2.24, 2.45) is 0 Å². The summed E-state index contributed by atoms with van der Waals surface area (Å²) < 4.78 is 15.9. The Morgan fingerprint density at radius 2 is 1.73 bits per heavy atom. The molecule has 2 heterocycles. The average molecular weight is 443 g/mol. The number of aliphatic hydroxyl groups excluding tert-OH is 1. The van der Waals surface area contributed by atoms with Gasteiger partial charge in [-0.25, -0.2) is 0 Å². The van der Waals surface area contributed by atoms with Crippen LogP contribution in [0.3, 0.4) is 0 Å². The minimum absolute atomic E-state index is 0.0403. The molecule has 0 saturated carbocycles. The number of methoxy groups -OCH3 is 1. The molecule has 1 saturated heterocycles. The number of Topliss-reactive ketones (excluding diaryl/α,β-unsaturated/α-hetero) is 1. The lowest BCUT2D eigenvalue weighted by molar-refractivity contribution is -0.140. The number of rotatable bonds is 5. The zero-order valence-electron chi connectivity index (χ0n) is 17.9. The van der Waals surface area contributed by atoms with Crippen LogP contribution in [0.25, 0.3) is 5.76 Å². The molecule has 0 aliphatic carbocycles. The zero-order valence-corrected chi connectivity index (χ0v) is 17.9. The number of carbonyl (C=O) groups is 2. The number of hydrogen-bond acceptors (Lipinski definition) is 6. The predicted octanol–water partition coefficient (Wildman–Crippen LogP) is 4.05. The second-order valence-corrected chi connectivity index (χ2v) is 7.75. The molecular formula is C26H21NO6. The van der Waals surface area contributed by atoms with Crippen molar-refractivity contribution in [3.05, 3.63) is 95.1 Å². The van der Waals surface area contributed by atoms with Crippen molar-refractivity contribution in [3.8, 4) is 17.2 Å². The quantitative estimate of drug-likeness (QED) is 0.364. The fraction of sp³-hybridized carbons (Fsp3) is 0.154. The molecule has 1 N–H and O–H groups in total. The fourth-order valence-electron chi connectivity index (χ4n) is 4.15. The van der Waals surface area contributed by atoms with Crippen molar-refractivity contribution in [1.82, 2.24) is 4.90 Å². The van der Waals surface area contributed by atoms with Crippen LogP contribution >= 0.6 is 0 Å². The summed E-state index contributed by atoms with van der Waals surface area (Å²) in [4.78, 5) is 27.7. The van der Waals surface area contributed by atoms with Gasteiger partial charge in [-0.1, -0.05) is 42.5 Å². The van der Waals surface area contributed by atoms with E-state index in [9.17, 15) is 14.7 Å². The molecule has 0 radical (unpaired) electrons. The Morgan fingerprint density at radius 1 is 1.00 bits per heavy atom. The summed E-state index contributed by atoms with van der Waals surface area (Å²) in [6.07, 6.45) is 0. The molecule has 1 fully saturated rings. The maximum atomic E-state index is 13.2. The fourth-order valence-corrected chi connectivity index (χ4v) is 4.15. The number of ketones is 1. The first-order valence-electron chi connectivity index (χ1n) is 10.4. The van der Waals surface area contributed by atoms with Gasteiger partial charge in [-0.3, -0.25) is 9.59 Å². The van der Waals surface area contributed by atoms with Crippen molar-refractivity contribution in [2.45, 2.75) is 12.6 Å². The highest BCUT2D eigenvalue weighted by Gasteiger charge is 2.46. The number of likely N-dealkylation sites (tertiary alicyclic amines) is 1. The molecule has 1 atom stereocenters. The molecule has 0 spiro atoms. The lowest BCUT2D eigenvalue weighted by Gasteiger charge is -2.25. The average Bonchev–Trinajstić information content (AvgIpc) is 3.42. The van der Waals surface area contributed by atoms with E-state index < -0.39 is 17.7 Å². The highest BCUT2D eigenvalue weighted by atomic mass is 16.7. The van der Waals surface area contributed by atoms with Crippen molar-refractivity contribution in [1.29, 1.82) is 0 Å². The first-order valence-corrected chi connectivity index (χ1v) is 10.4. The van der Waals surface area contributed by atoms with Crippen LogP contribution in [-0.2, 0) is 16.1 Å². The molecule has 1 amide bonds. The van der Waals surface area contributed by atoms with E-state index in [-0.39, 0.29) is 24.7 Å². The lowest BCUT2D eigenvalue weighted by Crippen LogP contribution is -2.29. The van der Waals surface area contributed by atoms with Gasteiger partial charge in [-0.15, -0.1) is 0 Å². The Kier molecular flexibility index (Phi) is 5.22. The molecule has 7 heteroatoms. The predicted molar refractivity (Wildman–Crippen MR) is 120 cm³/mol. The molecule has 5 rings (SSSR count). The van der Waals surface area contributed by atoms with Crippen molar-refractivity contribution in [2.75, 3.05) is 13.9 Å². The Morgan fingerprint density at radius 3 is 2.45 bits per heavy atom. The first kappa shape index (κ1) is 20.6. The molecule has 166 valence electrons. The molecular weight excluding hydrogens is 422 g/mol. The summed E-state index contributed by atoms with van der Waals surface area (Å²) in [6, 6.07) is 20.7. The number of benzene rings is 3.